The SMILES string of the molecule is NC(=O)NC(=O)[C@@H](Nc1ccc(N2CCCCCC2)cc1)c1ccccc1. The average Bonchev–Trinajstić information content (AvgIpc) is 2.96. The summed E-state index contributed by atoms with van der Waals surface area (Å²) in [6.07, 6.45) is 5.04. The minimum absolute atomic E-state index is 0.481. The van der Waals surface area contributed by atoms with Gasteiger partial charge in [0.15, 0.2) is 0 Å². The summed E-state index contributed by atoms with van der Waals surface area (Å²) in [5.41, 5.74) is 7.87. The second-order valence-corrected chi connectivity index (χ2v) is 6.79. The zero-order valence-corrected chi connectivity index (χ0v) is 15.4. The second kappa shape index (κ2) is 9.07. The summed E-state index contributed by atoms with van der Waals surface area (Å²) in [4.78, 5) is 25.9. The Bertz CT molecular complexity index is 754. The van der Waals surface area contributed by atoms with Crippen molar-refractivity contribution in [2.75, 3.05) is 23.3 Å². The van der Waals surface area contributed by atoms with Gasteiger partial charge in [-0.3, -0.25) is 10.1 Å². The van der Waals surface area contributed by atoms with E-state index in [2.05, 4.69) is 27.7 Å². The van der Waals surface area contributed by atoms with Crippen molar-refractivity contribution in [2.24, 2.45) is 5.73 Å². The van der Waals surface area contributed by atoms with Crippen molar-refractivity contribution in [2.45, 2.75) is 31.7 Å². The minimum Gasteiger partial charge on any atom is -0.372 e. The molecule has 1 aliphatic rings. The van der Waals surface area contributed by atoms with Crippen molar-refractivity contribution in [3.63, 3.8) is 0 Å². The molecule has 4 N–H and O–H groups in total. The van der Waals surface area contributed by atoms with E-state index in [1.54, 1.807) is 0 Å². The van der Waals surface area contributed by atoms with E-state index < -0.39 is 18.0 Å². The zero-order valence-electron chi connectivity index (χ0n) is 15.4. The molecule has 142 valence electrons. The molecule has 2 aromatic rings. The maximum atomic E-state index is 12.4. The molecular formula is C21H26N4O2. The van der Waals surface area contributed by atoms with Gasteiger partial charge in [-0.15, -0.1) is 0 Å². The third-order valence-corrected chi connectivity index (χ3v) is 4.79. The molecule has 6 heteroatoms. The van der Waals surface area contributed by atoms with Crippen LogP contribution in [0.15, 0.2) is 54.6 Å². The smallest absolute Gasteiger partial charge is 0.318 e. The minimum atomic E-state index is -0.862. The summed E-state index contributed by atoms with van der Waals surface area (Å²) in [6.45, 7) is 2.17. The Hall–Kier alpha value is -3.02. The molecule has 3 rings (SSSR count). The summed E-state index contributed by atoms with van der Waals surface area (Å²) in [5.74, 6) is -0.481. The van der Waals surface area contributed by atoms with Crippen LogP contribution in [0.4, 0.5) is 16.2 Å². The lowest BCUT2D eigenvalue weighted by molar-refractivity contribution is -0.120. The zero-order chi connectivity index (χ0) is 19.1. The van der Waals surface area contributed by atoms with Gasteiger partial charge in [-0.2, -0.15) is 0 Å². The lowest BCUT2D eigenvalue weighted by Crippen LogP contribution is -2.40. The molecule has 1 saturated heterocycles. The van der Waals surface area contributed by atoms with Crippen LogP contribution in [0.1, 0.15) is 37.3 Å². The highest BCUT2D eigenvalue weighted by molar-refractivity contribution is 5.98. The van der Waals surface area contributed by atoms with E-state index in [4.69, 9.17) is 5.73 Å². The largest absolute Gasteiger partial charge is 0.372 e. The van der Waals surface area contributed by atoms with Gasteiger partial charge in [0, 0.05) is 24.5 Å². The average molecular weight is 366 g/mol. The van der Waals surface area contributed by atoms with Gasteiger partial charge in [0.05, 0.1) is 0 Å². The fraction of sp³-hybridized carbons (Fsp3) is 0.333. The number of hydrogen-bond acceptors (Lipinski definition) is 4. The van der Waals surface area contributed by atoms with Gasteiger partial charge < -0.3 is 16.0 Å². The van der Waals surface area contributed by atoms with Crippen LogP contribution in [-0.4, -0.2) is 25.0 Å². The fourth-order valence-corrected chi connectivity index (χ4v) is 3.40. The highest BCUT2D eigenvalue weighted by atomic mass is 16.2. The van der Waals surface area contributed by atoms with Crippen LogP contribution in [0, 0.1) is 0 Å². The van der Waals surface area contributed by atoms with E-state index >= 15 is 0 Å². The number of amides is 3. The number of urea groups is 1. The standard InChI is InChI=1S/C21H26N4O2/c22-21(27)24-20(26)19(16-8-4-3-5-9-16)23-17-10-12-18(13-11-17)25-14-6-1-2-7-15-25/h3-5,8-13,19,23H,1-2,6-7,14-15H2,(H3,22,24,26,27)/t19-/m0/s1. The Morgan fingerprint density at radius 2 is 1.52 bits per heavy atom. The van der Waals surface area contributed by atoms with Crippen molar-refractivity contribution >= 4 is 23.3 Å². The van der Waals surface area contributed by atoms with Crippen molar-refractivity contribution in [1.82, 2.24) is 5.32 Å². The number of imide groups is 1. The van der Waals surface area contributed by atoms with Crippen molar-refractivity contribution in [1.29, 1.82) is 0 Å². The molecule has 6 nitrogen and oxygen atoms in total. The first-order chi connectivity index (χ1) is 13.1. The maximum absolute atomic E-state index is 12.4. The van der Waals surface area contributed by atoms with E-state index in [-0.39, 0.29) is 0 Å². The molecule has 0 unspecified atom stereocenters. The predicted molar refractivity (Wildman–Crippen MR) is 108 cm³/mol. The van der Waals surface area contributed by atoms with Gasteiger partial charge in [-0.1, -0.05) is 43.2 Å². The van der Waals surface area contributed by atoms with Crippen LogP contribution in [0.25, 0.3) is 0 Å². The molecule has 0 radical (unpaired) electrons. The van der Waals surface area contributed by atoms with Gasteiger partial charge in [0.1, 0.15) is 6.04 Å². The normalized spacial score (nSPS) is 15.5. The van der Waals surface area contributed by atoms with E-state index in [1.807, 2.05) is 42.5 Å². The van der Waals surface area contributed by atoms with Crippen LogP contribution >= 0.6 is 0 Å². The Kier molecular flexibility index (Phi) is 6.30. The number of primary amides is 1. The van der Waals surface area contributed by atoms with E-state index in [0.717, 1.165) is 24.3 Å². The van der Waals surface area contributed by atoms with Crippen molar-refractivity contribution < 1.29 is 9.59 Å². The number of benzene rings is 2. The molecule has 1 heterocycles. The first-order valence-electron chi connectivity index (χ1n) is 9.40. The number of carbonyl (C=O) groups is 2. The highest BCUT2D eigenvalue weighted by Gasteiger charge is 2.21. The number of nitrogens with zero attached hydrogens (tertiary/aromatic N) is 1. The molecule has 0 saturated carbocycles. The van der Waals surface area contributed by atoms with Gasteiger partial charge in [0.25, 0.3) is 5.91 Å². The predicted octanol–water partition coefficient (Wildman–Crippen LogP) is 3.42. The van der Waals surface area contributed by atoms with Gasteiger partial charge in [0.2, 0.25) is 0 Å². The molecule has 0 spiro atoms. The van der Waals surface area contributed by atoms with E-state index in [1.165, 1.54) is 31.4 Å². The topological polar surface area (TPSA) is 87.5 Å². The maximum Gasteiger partial charge on any atom is 0.318 e. The number of anilines is 2. The van der Waals surface area contributed by atoms with E-state index in [9.17, 15) is 9.59 Å². The van der Waals surface area contributed by atoms with Crippen LogP contribution in [0.3, 0.4) is 0 Å². The van der Waals surface area contributed by atoms with Crippen LogP contribution < -0.4 is 21.3 Å². The second-order valence-electron chi connectivity index (χ2n) is 6.79. The number of nitrogens with two attached hydrogens (primary N) is 1. The lowest BCUT2D eigenvalue weighted by Gasteiger charge is -2.24. The summed E-state index contributed by atoms with van der Waals surface area (Å²) in [7, 11) is 0. The number of nitrogens with one attached hydrogen (secondary N) is 2. The monoisotopic (exact) mass is 366 g/mol. The lowest BCUT2D eigenvalue weighted by atomic mass is 10.1. The molecule has 0 aromatic heterocycles. The number of rotatable bonds is 5. The Labute approximate surface area is 159 Å². The van der Waals surface area contributed by atoms with Gasteiger partial charge in [-0.25, -0.2) is 4.79 Å². The number of carbonyl (C=O) groups excluding carboxylic acids is 2. The molecule has 27 heavy (non-hydrogen) atoms. The van der Waals surface area contributed by atoms with Crippen LogP contribution in [0.5, 0.6) is 0 Å². The molecule has 0 bridgehead atoms. The van der Waals surface area contributed by atoms with Crippen LogP contribution in [-0.2, 0) is 4.79 Å². The third kappa shape index (κ3) is 5.23. The molecule has 1 aliphatic heterocycles. The fourth-order valence-electron chi connectivity index (χ4n) is 3.40. The molecular weight excluding hydrogens is 340 g/mol. The van der Waals surface area contributed by atoms with E-state index in [0.29, 0.717) is 0 Å². The Morgan fingerprint density at radius 1 is 0.889 bits per heavy atom. The third-order valence-electron chi connectivity index (χ3n) is 4.79. The van der Waals surface area contributed by atoms with Gasteiger partial charge in [-0.05, 0) is 42.7 Å². The van der Waals surface area contributed by atoms with Crippen molar-refractivity contribution in [3.05, 3.63) is 60.2 Å². The number of hydrogen-bond donors (Lipinski definition) is 3. The quantitative estimate of drug-likeness (QED) is 0.757. The Balaban J connectivity index is 1.75. The Morgan fingerprint density at radius 3 is 2.11 bits per heavy atom. The summed E-state index contributed by atoms with van der Waals surface area (Å²) in [6, 6.07) is 15.8. The first kappa shape index (κ1) is 18.8. The molecule has 1 atom stereocenters. The highest BCUT2D eigenvalue weighted by Crippen LogP contribution is 2.24. The molecule has 3 amide bonds. The summed E-state index contributed by atoms with van der Waals surface area (Å²) in [5, 5.41) is 5.37. The van der Waals surface area contributed by atoms with Crippen LogP contribution in [0.2, 0.25) is 0 Å². The summed E-state index contributed by atoms with van der Waals surface area (Å²) >= 11 is 0. The molecule has 1 fully saturated rings. The van der Waals surface area contributed by atoms with Crippen molar-refractivity contribution in [3.8, 4) is 0 Å². The molecule has 2 aromatic carbocycles. The molecule has 0 aliphatic carbocycles. The first-order valence-corrected chi connectivity index (χ1v) is 9.40. The van der Waals surface area contributed by atoms with Gasteiger partial charge >= 0.3 is 6.03 Å². The summed E-state index contributed by atoms with van der Waals surface area (Å²) < 4.78 is 0.